The van der Waals surface area contributed by atoms with Crippen LogP contribution in [0.15, 0.2) is 48.0 Å². The quantitative estimate of drug-likeness (QED) is 0.812. The van der Waals surface area contributed by atoms with Crippen LogP contribution in [0.2, 0.25) is 0 Å². The van der Waals surface area contributed by atoms with Crippen molar-refractivity contribution in [2.75, 3.05) is 18.0 Å². The fraction of sp³-hybridized carbons (Fsp3) is 0.286. The standard InChI is InChI=1S/C14H19BrN2/c1-4-8-17(9-5-2)12-6-7-13(11(3)16)14(15)10-12/h4-7,10-11H,1-2,8-9,16H2,3H3/t11-/m1/s1. The molecule has 0 fully saturated rings. The number of rotatable bonds is 6. The van der Waals surface area contributed by atoms with Crippen LogP contribution in [0.4, 0.5) is 5.69 Å². The Hall–Kier alpha value is -1.06. The molecule has 1 aromatic rings. The van der Waals surface area contributed by atoms with Crippen molar-refractivity contribution in [1.29, 1.82) is 0 Å². The van der Waals surface area contributed by atoms with Crippen molar-refractivity contribution in [3.8, 4) is 0 Å². The van der Waals surface area contributed by atoms with E-state index in [4.69, 9.17) is 5.73 Å². The minimum Gasteiger partial charge on any atom is -0.364 e. The summed E-state index contributed by atoms with van der Waals surface area (Å²) in [5, 5.41) is 0. The molecule has 0 unspecified atom stereocenters. The lowest BCUT2D eigenvalue weighted by Gasteiger charge is -2.23. The molecular formula is C14H19BrN2. The minimum absolute atomic E-state index is 0.0330. The van der Waals surface area contributed by atoms with E-state index < -0.39 is 0 Å². The molecule has 0 saturated carbocycles. The Bertz CT molecular complexity index is 389. The molecule has 0 aliphatic rings. The Morgan fingerprint density at radius 2 is 1.94 bits per heavy atom. The number of hydrogen-bond donors (Lipinski definition) is 1. The summed E-state index contributed by atoms with van der Waals surface area (Å²) < 4.78 is 1.04. The van der Waals surface area contributed by atoms with Crippen LogP contribution in [0.25, 0.3) is 0 Å². The normalized spacial score (nSPS) is 11.9. The summed E-state index contributed by atoms with van der Waals surface area (Å²) in [5.74, 6) is 0. The second-order valence-corrected chi connectivity index (χ2v) is 4.83. The van der Waals surface area contributed by atoms with Crippen molar-refractivity contribution < 1.29 is 0 Å². The smallest absolute Gasteiger partial charge is 0.0383 e. The van der Waals surface area contributed by atoms with E-state index in [0.29, 0.717) is 0 Å². The molecule has 1 atom stereocenters. The van der Waals surface area contributed by atoms with E-state index in [1.165, 1.54) is 0 Å². The fourth-order valence-corrected chi connectivity index (χ4v) is 2.41. The van der Waals surface area contributed by atoms with E-state index >= 15 is 0 Å². The molecule has 17 heavy (non-hydrogen) atoms. The molecule has 2 nitrogen and oxygen atoms in total. The van der Waals surface area contributed by atoms with E-state index in [-0.39, 0.29) is 6.04 Å². The summed E-state index contributed by atoms with van der Waals surface area (Å²) in [6.07, 6.45) is 3.77. The maximum atomic E-state index is 5.88. The molecule has 2 N–H and O–H groups in total. The molecule has 1 rings (SSSR count). The van der Waals surface area contributed by atoms with Gasteiger partial charge in [0, 0.05) is 29.3 Å². The van der Waals surface area contributed by atoms with Gasteiger partial charge in [-0.25, -0.2) is 0 Å². The Morgan fingerprint density at radius 1 is 1.35 bits per heavy atom. The van der Waals surface area contributed by atoms with Gasteiger partial charge in [-0.2, -0.15) is 0 Å². The third-order valence-electron chi connectivity index (χ3n) is 2.54. The second-order valence-electron chi connectivity index (χ2n) is 3.98. The van der Waals surface area contributed by atoms with Crippen LogP contribution in [-0.2, 0) is 0 Å². The molecule has 0 amide bonds. The van der Waals surface area contributed by atoms with Crippen LogP contribution in [0.3, 0.4) is 0 Å². The van der Waals surface area contributed by atoms with Gasteiger partial charge in [-0.3, -0.25) is 0 Å². The average Bonchev–Trinajstić information content (AvgIpc) is 2.28. The van der Waals surface area contributed by atoms with Gasteiger partial charge in [-0.1, -0.05) is 34.1 Å². The van der Waals surface area contributed by atoms with Crippen LogP contribution in [0, 0.1) is 0 Å². The summed E-state index contributed by atoms with van der Waals surface area (Å²) >= 11 is 3.56. The zero-order valence-electron chi connectivity index (χ0n) is 10.2. The molecule has 3 heteroatoms. The Balaban J connectivity index is 3.00. The largest absolute Gasteiger partial charge is 0.364 e. The van der Waals surface area contributed by atoms with Crippen molar-refractivity contribution in [1.82, 2.24) is 0 Å². The molecule has 0 radical (unpaired) electrons. The average molecular weight is 295 g/mol. The number of anilines is 1. The molecule has 92 valence electrons. The van der Waals surface area contributed by atoms with Gasteiger partial charge >= 0.3 is 0 Å². The van der Waals surface area contributed by atoms with Gasteiger partial charge in [0.15, 0.2) is 0 Å². The molecule has 0 heterocycles. The fourth-order valence-electron chi connectivity index (χ4n) is 1.68. The number of nitrogens with zero attached hydrogens (tertiary/aromatic N) is 1. The summed E-state index contributed by atoms with van der Waals surface area (Å²) in [4.78, 5) is 2.19. The first-order valence-electron chi connectivity index (χ1n) is 5.62. The van der Waals surface area contributed by atoms with Crippen LogP contribution in [-0.4, -0.2) is 13.1 Å². The van der Waals surface area contributed by atoms with Crippen molar-refractivity contribution >= 4 is 21.6 Å². The van der Waals surface area contributed by atoms with Crippen LogP contribution >= 0.6 is 15.9 Å². The number of halogens is 1. The molecule has 0 aromatic heterocycles. The third kappa shape index (κ3) is 3.72. The second kappa shape index (κ2) is 6.62. The first-order chi connectivity index (χ1) is 8.10. The minimum atomic E-state index is 0.0330. The van der Waals surface area contributed by atoms with Crippen molar-refractivity contribution in [3.05, 3.63) is 53.5 Å². The number of benzene rings is 1. The Kier molecular flexibility index (Phi) is 5.45. The predicted octanol–water partition coefficient (Wildman–Crippen LogP) is 3.65. The van der Waals surface area contributed by atoms with Gasteiger partial charge in [-0.05, 0) is 24.6 Å². The summed E-state index contributed by atoms with van der Waals surface area (Å²) in [6, 6.07) is 6.26. The van der Waals surface area contributed by atoms with Gasteiger partial charge in [0.2, 0.25) is 0 Å². The highest BCUT2D eigenvalue weighted by atomic mass is 79.9. The van der Waals surface area contributed by atoms with Crippen molar-refractivity contribution in [2.45, 2.75) is 13.0 Å². The summed E-state index contributed by atoms with van der Waals surface area (Å²) in [5.41, 5.74) is 8.14. The zero-order chi connectivity index (χ0) is 12.8. The molecule has 0 spiro atoms. The van der Waals surface area contributed by atoms with E-state index in [0.717, 1.165) is 28.8 Å². The summed E-state index contributed by atoms with van der Waals surface area (Å²) in [6.45, 7) is 11.1. The molecule has 0 saturated heterocycles. The maximum absolute atomic E-state index is 5.88. The van der Waals surface area contributed by atoms with Gasteiger partial charge in [0.25, 0.3) is 0 Å². The molecular weight excluding hydrogens is 276 g/mol. The van der Waals surface area contributed by atoms with Gasteiger partial charge in [-0.15, -0.1) is 13.2 Å². The highest BCUT2D eigenvalue weighted by Crippen LogP contribution is 2.27. The number of nitrogens with two attached hydrogens (primary N) is 1. The lowest BCUT2D eigenvalue weighted by atomic mass is 10.1. The third-order valence-corrected chi connectivity index (χ3v) is 3.23. The highest BCUT2D eigenvalue weighted by molar-refractivity contribution is 9.10. The van der Waals surface area contributed by atoms with Crippen LogP contribution in [0.5, 0.6) is 0 Å². The molecule has 0 aliphatic carbocycles. The first-order valence-corrected chi connectivity index (χ1v) is 6.41. The molecule has 0 aliphatic heterocycles. The van der Waals surface area contributed by atoms with Gasteiger partial charge in [0.05, 0.1) is 0 Å². The zero-order valence-corrected chi connectivity index (χ0v) is 11.8. The lowest BCUT2D eigenvalue weighted by molar-refractivity contribution is 0.812. The van der Waals surface area contributed by atoms with E-state index in [2.05, 4.69) is 52.2 Å². The first kappa shape index (κ1) is 14.0. The highest BCUT2D eigenvalue weighted by Gasteiger charge is 2.08. The predicted molar refractivity (Wildman–Crippen MR) is 79.4 cm³/mol. The SMILES string of the molecule is C=CCN(CC=C)c1ccc([C@@H](C)N)c(Br)c1. The van der Waals surface area contributed by atoms with Crippen LogP contribution in [0.1, 0.15) is 18.5 Å². The Labute approximate surface area is 112 Å². The number of hydrogen-bond acceptors (Lipinski definition) is 2. The van der Waals surface area contributed by atoms with E-state index in [1.807, 2.05) is 19.1 Å². The van der Waals surface area contributed by atoms with Crippen LogP contribution < -0.4 is 10.6 Å². The molecule has 0 bridgehead atoms. The maximum Gasteiger partial charge on any atom is 0.0383 e. The summed E-state index contributed by atoms with van der Waals surface area (Å²) in [7, 11) is 0. The van der Waals surface area contributed by atoms with E-state index in [1.54, 1.807) is 0 Å². The lowest BCUT2D eigenvalue weighted by Crippen LogP contribution is -2.23. The monoisotopic (exact) mass is 294 g/mol. The van der Waals surface area contributed by atoms with Gasteiger partial charge < -0.3 is 10.6 Å². The Morgan fingerprint density at radius 3 is 2.35 bits per heavy atom. The molecule has 1 aromatic carbocycles. The van der Waals surface area contributed by atoms with E-state index in [9.17, 15) is 0 Å². The topological polar surface area (TPSA) is 29.3 Å². The van der Waals surface area contributed by atoms with Gasteiger partial charge in [0.1, 0.15) is 0 Å². The van der Waals surface area contributed by atoms with Crippen molar-refractivity contribution in [3.63, 3.8) is 0 Å². The van der Waals surface area contributed by atoms with Crippen molar-refractivity contribution in [2.24, 2.45) is 5.73 Å².